The minimum absolute atomic E-state index is 0.0747. The van der Waals surface area contributed by atoms with E-state index in [1.165, 1.54) is 17.2 Å². The second-order valence-electron chi connectivity index (χ2n) is 6.39. The van der Waals surface area contributed by atoms with E-state index in [0.29, 0.717) is 22.9 Å². The SMILES string of the molecule is O=C(CCc1nnc(Cn2cnc3nc[nH]c3c2=O)o1)c1nc2ccccc2[nH]1. The van der Waals surface area contributed by atoms with Crippen LogP contribution in [0.3, 0.4) is 0 Å². The molecule has 29 heavy (non-hydrogen) atoms. The Kier molecular flexibility index (Phi) is 3.97. The molecule has 5 rings (SSSR count). The van der Waals surface area contributed by atoms with Gasteiger partial charge in [0.25, 0.3) is 5.56 Å². The van der Waals surface area contributed by atoms with Gasteiger partial charge in [0, 0.05) is 12.8 Å². The van der Waals surface area contributed by atoms with Crippen molar-refractivity contribution in [3.63, 3.8) is 0 Å². The van der Waals surface area contributed by atoms with E-state index in [1.54, 1.807) is 0 Å². The molecule has 0 atom stereocenters. The Morgan fingerprint density at radius 1 is 1.14 bits per heavy atom. The molecule has 11 heteroatoms. The highest BCUT2D eigenvalue weighted by Crippen LogP contribution is 2.13. The first-order chi connectivity index (χ1) is 14.2. The van der Waals surface area contributed by atoms with E-state index in [0.717, 1.165) is 11.0 Å². The van der Waals surface area contributed by atoms with E-state index in [1.807, 2.05) is 24.3 Å². The molecule has 0 aliphatic carbocycles. The largest absolute Gasteiger partial charge is 0.423 e. The van der Waals surface area contributed by atoms with E-state index in [4.69, 9.17) is 4.42 Å². The molecule has 5 aromatic rings. The number of rotatable bonds is 6. The smallest absolute Gasteiger partial charge is 0.279 e. The van der Waals surface area contributed by atoms with Gasteiger partial charge in [0.05, 0.1) is 17.4 Å². The van der Waals surface area contributed by atoms with Crippen molar-refractivity contribution < 1.29 is 9.21 Å². The van der Waals surface area contributed by atoms with Gasteiger partial charge in [-0.1, -0.05) is 12.1 Å². The van der Waals surface area contributed by atoms with Crippen molar-refractivity contribution in [3.05, 3.63) is 64.9 Å². The van der Waals surface area contributed by atoms with Crippen LogP contribution >= 0.6 is 0 Å². The summed E-state index contributed by atoms with van der Waals surface area (Å²) in [4.78, 5) is 42.8. The van der Waals surface area contributed by atoms with Gasteiger partial charge in [-0.25, -0.2) is 15.0 Å². The second-order valence-corrected chi connectivity index (χ2v) is 6.39. The van der Waals surface area contributed by atoms with Crippen LogP contribution in [0.25, 0.3) is 22.2 Å². The molecule has 0 bridgehead atoms. The van der Waals surface area contributed by atoms with Crippen LogP contribution in [-0.4, -0.2) is 45.5 Å². The van der Waals surface area contributed by atoms with Gasteiger partial charge in [-0.3, -0.25) is 14.2 Å². The van der Waals surface area contributed by atoms with Gasteiger partial charge in [0.2, 0.25) is 11.8 Å². The fourth-order valence-corrected chi connectivity index (χ4v) is 3.00. The van der Waals surface area contributed by atoms with Crippen LogP contribution in [0.2, 0.25) is 0 Å². The monoisotopic (exact) mass is 390 g/mol. The fraction of sp³-hybridized carbons (Fsp3) is 0.167. The lowest BCUT2D eigenvalue weighted by Gasteiger charge is -2.00. The number of Topliss-reactive ketones (excluding diaryl/α,β-unsaturated/α-hetero) is 1. The molecular formula is C18H14N8O3. The fourth-order valence-electron chi connectivity index (χ4n) is 3.00. The normalized spacial score (nSPS) is 11.4. The van der Waals surface area contributed by atoms with Crippen molar-refractivity contribution in [2.75, 3.05) is 0 Å². The first kappa shape index (κ1) is 17.0. The summed E-state index contributed by atoms with van der Waals surface area (Å²) < 4.78 is 6.91. The van der Waals surface area contributed by atoms with Gasteiger partial charge in [-0.2, -0.15) is 0 Å². The zero-order chi connectivity index (χ0) is 19.8. The number of hydrogen-bond donors (Lipinski definition) is 2. The Bertz CT molecular complexity index is 1360. The number of H-pyrrole nitrogens is 2. The lowest BCUT2D eigenvalue weighted by Crippen LogP contribution is -2.21. The molecule has 11 nitrogen and oxygen atoms in total. The van der Waals surface area contributed by atoms with Crippen LogP contribution in [0.5, 0.6) is 0 Å². The number of aryl methyl sites for hydroxylation is 1. The van der Waals surface area contributed by atoms with Gasteiger partial charge >= 0.3 is 0 Å². The Balaban J connectivity index is 1.26. The average Bonchev–Trinajstić information content (AvgIpc) is 3.47. The molecule has 0 radical (unpaired) electrons. The van der Waals surface area contributed by atoms with Crippen LogP contribution in [0.15, 0.2) is 46.1 Å². The second kappa shape index (κ2) is 6.78. The Hall–Kier alpha value is -4.15. The van der Waals surface area contributed by atoms with Crippen molar-refractivity contribution in [3.8, 4) is 0 Å². The molecular weight excluding hydrogens is 376 g/mol. The molecule has 1 aromatic carbocycles. The summed E-state index contributed by atoms with van der Waals surface area (Å²) in [5, 5.41) is 7.89. The molecule has 0 aliphatic rings. The molecule has 0 fully saturated rings. The number of ketones is 1. The molecule has 144 valence electrons. The van der Waals surface area contributed by atoms with E-state index < -0.39 is 0 Å². The van der Waals surface area contributed by atoms with Gasteiger partial charge in [-0.05, 0) is 12.1 Å². The highest BCUT2D eigenvalue weighted by molar-refractivity contribution is 5.95. The summed E-state index contributed by atoms with van der Waals surface area (Å²) in [5.41, 5.74) is 1.92. The van der Waals surface area contributed by atoms with Crippen LogP contribution in [0.4, 0.5) is 0 Å². The molecule has 0 saturated carbocycles. The first-order valence-electron chi connectivity index (χ1n) is 8.85. The van der Waals surface area contributed by atoms with E-state index in [2.05, 4.69) is 35.1 Å². The maximum absolute atomic E-state index is 12.4. The molecule has 0 spiro atoms. The third kappa shape index (κ3) is 3.18. The van der Waals surface area contributed by atoms with Gasteiger partial charge in [0.1, 0.15) is 12.9 Å². The number of benzene rings is 1. The Morgan fingerprint density at radius 3 is 2.90 bits per heavy atom. The zero-order valence-electron chi connectivity index (χ0n) is 15.0. The number of hydrogen-bond acceptors (Lipinski definition) is 8. The summed E-state index contributed by atoms with van der Waals surface area (Å²) in [6.45, 7) is 0.0747. The Labute approximate surface area is 161 Å². The standard InChI is InChI=1S/C18H14N8O3/c27-12(16-22-10-3-1-2-4-11(10)23-16)5-6-13-24-25-14(29-13)7-26-9-21-17-15(18(26)28)19-8-20-17/h1-4,8-9H,5-7H2,(H,19,20)(H,22,23). The summed E-state index contributed by atoms with van der Waals surface area (Å²) in [6, 6.07) is 7.44. The summed E-state index contributed by atoms with van der Waals surface area (Å²) >= 11 is 0. The molecule has 4 aromatic heterocycles. The van der Waals surface area contributed by atoms with E-state index in [-0.39, 0.29) is 36.6 Å². The van der Waals surface area contributed by atoms with E-state index in [9.17, 15) is 9.59 Å². The van der Waals surface area contributed by atoms with Crippen LogP contribution in [-0.2, 0) is 13.0 Å². The molecule has 0 saturated heterocycles. The quantitative estimate of drug-likeness (QED) is 0.411. The van der Waals surface area contributed by atoms with Crippen molar-refractivity contribution >= 4 is 28.0 Å². The number of nitrogens with zero attached hydrogens (tertiary/aromatic N) is 6. The van der Waals surface area contributed by atoms with Crippen LogP contribution in [0, 0.1) is 0 Å². The van der Waals surface area contributed by atoms with Crippen molar-refractivity contribution in [1.82, 2.24) is 39.7 Å². The Morgan fingerprint density at radius 2 is 2.00 bits per heavy atom. The summed E-state index contributed by atoms with van der Waals surface area (Å²) in [5.74, 6) is 0.717. The number of fused-ring (bicyclic) bond motifs is 2. The maximum atomic E-state index is 12.4. The zero-order valence-corrected chi connectivity index (χ0v) is 15.0. The number of aromatic amines is 2. The number of nitrogens with one attached hydrogen (secondary N) is 2. The van der Waals surface area contributed by atoms with Gasteiger partial charge < -0.3 is 14.4 Å². The highest BCUT2D eigenvalue weighted by atomic mass is 16.4. The summed E-state index contributed by atoms with van der Waals surface area (Å²) in [7, 11) is 0. The molecule has 4 heterocycles. The van der Waals surface area contributed by atoms with Crippen LogP contribution < -0.4 is 5.56 Å². The predicted molar refractivity (Wildman–Crippen MR) is 100 cm³/mol. The first-order valence-corrected chi connectivity index (χ1v) is 8.85. The minimum Gasteiger partial charge on any atom is -0.423 e. The lowest BCUT2D eigenvalue weighted by molar-refractivity contribution is 0.0971. The van der Waals surface area contributed by atoms with Crippen molar-refractivity contribution in [2.24, 2.45) is 0 Å². The number of imidazole rings is 2. The molecule has 0 amide bonds. The number of para-hydroxylation sites is 2. The number of carbonyl (C=O) groups is 1. The predicted octanol–water partition coefficient (Wildman–Crippen LogP) is 1.24. The lowest BCUT2D eigenvalue weighted by atomic mass is 10.2. The minimum atomic E-state index is -0.285. The topological polar surface area (TPSA) is 148 Å². The summed E-state index contributed by atoms with van der Waals surface area (Å²) in [6.07, 6.45) is 3.23. The average molecular weight is 390 g/mol. The number of aromatic nitrogens is 8. The third-order valence-corrected chi connectivity index (χ3v) is 4.45. The van der Waals surface area contributed by atoms with Gasteiger partial charge in [0.15, 0.2) is 22.8 Å². The molecule has 0 unspecified atom stereocenters. The molecule has 2 N–H and O–H groups in total. The third-order valence-electron chi connectivity index (χ3n) is 4.45. The van der Waals surface area contributed by atoms with Crippen molar-refractivity contribution in [2.45, 2.75) is 19.4 Å². The molecule has 0 aliphatic heterocycles. The number of carbonyl (C=O) groups excluding carboxylic acids is 1. The maximum Gasteiger partial charge on any atom is 0.279 e. The van der Waals surface area contributed by atoms with Crippen LogP contribution in [0.1, 0.15) is 28.8 Å². The van der Waals surface area contributed by atoms with Crippen molar-refractivity contribution in [1.29, 1.82) is 0 Å². The van der Waals surface area contributed by atoms with Gasteiger partial charge in [-0.15, -0.1) is 10.2 Å². The highest BCUT2D eigenvalue weighted by Gasteiger charge is 2.15. The van der Waals surface area contributed by atoms with E-state index >= 15 is 0 Å².